The number of unbranched alkanes of at least 4 members (excludes halogenated alkanes) is 34. The summed E-state index contributed by atoms with van der Waals surface area (Å²) < 4.78 is 22.9. The van der Waals surface area contributed by atoms with Crippen molar-refractivity contribution in [3.63, 3.8) is 0 Å². The number of carboxylic acid groups (broad SMARTS) is 1. The summed E-state index contributed by atoms with van der Waals surface area (Å²) in [5.74, 6) is -2.28. The van der Waals surface area contributed by atoms with E-state index in [0.29, 0.717) is 17.4 Å². The fourth-order valence-corrected chi connectivity index (χ4v) is 11.1. The van der Waals surface area contributed by atoms with Crippen molar-refractivity contribution in [2.24, 2.45) is 0 Å². The van der Waals surface area contributed by atoms with E-state index in [1.807, 2.05) is 21.1 Å². The molecule has 9 nitrogen and oxygen atoms in total. The largest absolute Gasteiger partial charge is 0.545 e. The van der Waals surface area contributed by atoms with Crippen LogP contribution < -0.4 is 5.11 Å². The van der Waals surface area contributed by atoms with Gasteiger partial charge in [0.15, 0.2) is 12.4 Å². The molecule has 0 heterocycles. The summed E-state index contributed by atoms with van der Waals surface area (Å²) in [6.45, 7) is 4.54. The van der Waals surface area contributed by atoms with Gasteiger partial charge in [0.25, 0.3) is 0 Å². The number of hydrogen-bond acceptors (Lipinski definition) is 8. The fourth-order valence-electron chi connectivity index (χ4n) is 11.1. The lowest BCUT2D eigenvalue weighted by molar-refractivity contribution is -0.870. The highest BCUT2D eigenvalue weighted by Crippen LogP contribution is 2.18. The Kier molecular flexibility index (Phi) is 73.1. The molecule has 0 radical (unpaired) electrons. The third kappa shape index (κ3) is 78.4. The molecule has 0 spiro atoms. The van der Waals surface area contributed by atoms with Gasteiger partial charge in [-0.15, -0.1) is 0 Å². The minimum atomic E-state index is -1.63. The predicted molar refractivity (Wildman–Crippen MR) is 416 cm³/mol. The lowest BCUT2D eigenvalue weighted by Crippen LogP contribution is -2.44. The number of quaternary nitrogens is 1. The number of nitrogens with zero attached hydrogens (tertiary/aromatic N) is 1. The zero-order valence-electron chi connectivity index (χ0n) is 63.4. The van der Waals surface area contributed by atoms with Crippen molar-refractivity contribution in [3.05, 3.63) is 146 Å². The third-order valence-electron chi connectivity index (χ3n) is 17.1. The second-order valence-electron chi connectivity index (χ2n) is 27.6. The van der Waals surface area contributed by atoms with Gasteiger partial charge >= 0.3 is 11.9 Å². The molecule has 554 valence electrons. The molecule has 0 saturated carbocycles. The van der Waals surface area contributed by atoms with Gasteiger partial charge in [0.05, 0.1) is 40.3 Å². The third-order valence-corrected chi connectivity index (χ3v) is 17.1. The van der Waals surface area contributed by atoms with E-state index in [4.69, 9.17) is 18.9 Å². The van der Waals surface area contributed by atoms with Crippen LogP contribution in [0.3, 0.4) is 0 Å². The molecule has 0 N–H and O–H groups in total. The Morgan fingerprint density at radius 2 is 0.557 bits per heavy atom. The van der Waals surface area contributed by atoms with E-state index < -0.39 is 24.3 Å². The number of carbonyl (C=O) groups is 3. The molecule has 0 amide bonds. The molecule has 2 unspecified atom stereocenters. The van der Waals surface area contributed by atoms with Gasteiger partial charge in [0.1, 0.15) is 13.2 Å². The van der Waals surface area contributed by atoms with Crippen LogP contribution in [0.1, 0.15) is 335 Å². The zero-order valence-corrected chi connectivity index (χ0v) is 63.4. The minimum Gasteiger partial charge on any atom is -0.545 e. The van der Waals surface area contributed by atoms with E-state index in [0.717, 1.165) is 122 Å². The molecule has 9 heteroatoms. The average molecular weight is 1350 g/mol. The number of likely N-dealkylation sites (N-methyl/N-ethyl adjacent to an activating group) is 1. The monoisotopic (exact) mass is 1350 g/mol. The maximum absolute atomic E-state index is 13.0. The van der Waals surface area contributed by atoms with Gasteiger partial charge < -0.3 is 33.3 Å². The first-order valence-corrected chi connectivity index (χ1v) is 40.0. The van der Waals surface area contributed by atoms with E-state index in [-0.39, 0.29) is 38.6 Å². The Bertz CT molecular complexity index is 2110. The van der Waals surface area contributed by atoms with Gasteiger partial charge in [0.2, 0.25) is 0 Å². The number of allylic oxidation sites excluding steroid dienone is 24. The van der Waals surface area contributed by atoms with Gasteiger partial charge in [-0.3, -0.25) is 9.59 Å². The number of hydrogen-bond donors (Lipinski definition) is 0. The predicted octanol–water partition coefficient (Wildman–Crippen LogP) is 24.5. The molecular weight excluding hydrogens is 1200 g/mol. The maximum Gasteiger partial charge on any atom is 0.306 e. The van der Waals surface area contributed by atoms with Crippen molar-refractivity contribution in [3.8, 4) is 0 Å². The van der Waals surface area contributed by atoms with Gasteiger partial charge in [-0.25, -0.2) is 0 Å². The number of aliphatic carboxylic acids is 1. The number of rotatable bonds is 73. The molecule has 0 fully saturated rings. The number of carboxylic acids is 1. The number of esters is 2. The average Bonchev–Trinajstić information content (AvgIpc) is 3.74. The SMILES string of the molecule is CC/C=C\C/C=C\C/C=C\C/C=C\C/C=C\C/C=C\C/C=C\C/C=C\CCCCCCCCCCCCC(=O)OC(COC(=O)CCCCCCCCCCCCCCCCCCCCCCCCCC/C=C\C/C=C\C/C=C\C/C=C\CC)COC(OCC[N+](C)(C)C)C(=O)[O-]. The quantitative estimate of drug-likeness (QED) is 0.0195. The van der Waals surface area contributed by atoms with Gasteiger partial charge in [-0.2, -0.15) is 0 Å². The van der Waals surface area contributed by atoms with E-state index in [1.54, 1.807) is 0 Å². The molecule has 0 saturated heterocycles. The summed E-state index contributed by atoms with van der Waals surface area (Å²) in [6.07, 6.45) is 110. The Balaban J connectivity index is 4.05. The van der Waals surface area contributed by atoms with Crippen LogP contribution in [0.15, 0.2) is 146 Å². The van der Waals surface area contributed by atoms with Crippen LogP contribution in [0.4, 0.5) is 0 Å². The molecule has 2 atom stereocenters. The van der Waals surface area contributed by atoms with Crippen molar-refractivity contribution in [2.75, 3.05) is 47.5 Å². The van der Waals surface area contributed by atoms with Crippen LogP contribution >= 0.6 is 0 Å². The van der Waals surface area contributed by atoms with Crippen LogP contribution in [0.2, 0.25) is 0 Å². The van der Waals surface area contributed by atoms with Crippen LogP contribution in [0, 0.1) is 0 Å². The first kappa shape index (κ1) is 92.2. The van der Waals surface area contributed by atoms with Crippen molar-refractivity contribution < 1.29 is 42.9 Å². The highest BCUT2D eigenvalue weighted by atomic mass is 16.7. The summed E-state index contributed by atoms with van der Waals surface area (Å²) in [6, 6.07) is 0. The summed E-state index contributed by atoms with van der Waals surface area (Å²) in [4.78, 5) is 37.6. The second-order valence-corrected chi connectivity index (χ2v) is 27.6. The lowest BCUT2D eigenvalue weighted by atomic mass is 10.0. The molecule has 0 aliphatic heterocycles. The Labute approximate surface area is 598 Å². The molecule has 0 aromatic heterocycles. The van der Waals surface area contributed by atoms with Crippen molar-refractivity contribution in [1.29, 1.82) is 0 Å². The highest BCUT2D eigenvalue weighted by molar-refractivity contribution is 5.70. The summed E-state index contributed by atoms with van der Waals surface area (Å²) in [5.41, 5.74) is 0. The molecule has 0 bridgehead atoms. The van der Waals surface area contributed by atoms with E-state index in [1.165, 1.54) is 180 Å². The van der Waals surface area contributed by atoms with Crippen LogP contribution in [0.25, 0.3) is 0 Å². The molecule has 0 rings (SSSR count). The first-order valence-electron chi connectivity index (χ1n) is 40.0. The molecule has 97 heavy (non-hydrogen) atoms. The number of carbonyl (C=O) groups excluding carboxylic acids is 3. The smallest absolute Gasteiger partial charge is 0.306 e. The molecule has 0 aliphatic rings. The normalized spacial score (nSPS) is 13.5. The van der Waals surface area contributed by atoms with Crippen molar-refractivity contribution in [1.82, 2.24) is 0 Å². The number of ether oxygens (including phenoxy) is 4. The van der Waals surface area contributed by atoms with Gasteiger partial charge in [-0.1, -0.05) is 352 Å². The van der Waals surface area contributed by atoms with Crippen LogP contribution in [0.5, 0.6) is 0 Å². The summed E-state index contributed by atoms with van der Waals surface area (Å²) in [5, 5.41) is 11.9. The molecule has 0 aromatic rings. The topological polar surface area (TPSA) is 111 Å². The van der Waals surface area contributed by atoms with E-state index in [2.05, 4.69) is 160 Å². The van der Waals surface area contributed by atoms with Crippen LogP contribution in [-0.2, 0) is 33.3 Å². The Hall–Kier alpha value is -4.83. The van der Waals surface area contributed by atoms with E-state index in [9.17, 15) is 19.5 Å². The highest BCUT2D eigenvalue weighted by Gasteiger charge is 2.22. The second kappa shape index (κ2) is 76.9. The van der Waals surface area contributed by atoms with Gasteiger partial charge in [0, 0.05) is 12.8 Å². The van der Waals surface area contributed by atoms with E-state index >= 15 is 0 Å². The molecule has 0 aromatic carbocycles. The first-order chi connectivity index (χ1) is 47.6. The maximum atomic E-state index is 13.0. The zero-order chi connectivity index (χ0) is 70.4. The standard InChI is InChI=1S/C88H149NO8/c1-6-8-10-12-14-16-18-20-22-24-26-28-30-32-34-36-38-40-42-43-45-46-48-50-52-54-56-58-60-62-64-66-68-70-72-74-76-78-85(90)95-82-84(83-96-88(87(92)93)94-81-80-89(3,4)5)97-86(91)79-77-75-73-71-69-67-65-63-61-59-57-55-53-51-49-47-44-41-39-37-35-33-31-29-27-25-23-21-19-17-15-13-11-9-7-2/h8-11,14-17,20-23,26-29,33,35,39,41,47,49,53,55,84,88H,6-7,12-13,18-19,24-25,30-32,34,36-38,40,42-46,48,50-52,54,56-83H2,1-5H3/b10-8-,11-9-,16-14-,17-15-,22-20-,23-21-,28-26-,29-27-,35-33-,41-39-,49-47-,55-53-. The molecular formula is C88H149NO8. The summed E-state index contributed by atoms with van der Waals surface area (Å²) >= 11 is 0. The minimum absolute atomic E-state index is 0.142. The fraction of sp³-hybridized carbons (Fsp3) is 0.693. The molecule has 0 aliphatic carbocycles. The lowest BCUT2D eigenvalue weighted by Gasteiger charge is -2.26. The van der Waals surface area contributed by atoms with Crippen molar-refractivity contribution >= 4 is 17.9 Å². The Morgan fingerprint density at radius 3 is 0.825 bits per heavy atom. The summed E-state index contributed by atoms with van der Waals surface area (Å²) in [7, 11) is 5.93. The van der Waals surface area contributed by atoms with Gasteiger partial charge in [-0.05, 0) is 116 Å². The Morgan fingerprint density at radius 1 is 0.309 bits per heavy atom. The van der Waals surface area contributed by atoms with Crippen molar-refractivity contribution in [2.45, 2.75) is 347 Å². The van der Waals surface area contributed by atoms with Crippen LogP contribution in [-0.4, -0.2) is 82.3 Å².